The molecule has 0 spiro atoms. The highest BCUT2D eigenvalue weighted by Gasteiger charge is 2.19. The van der Waals surface area contributed by atoms with E-state index in [0.29, 0.717) is 6.04 Å². The molecule has 0 saturated heterocycles. The summed E-state index contributed by atoms with van der Waals surface area (Å²) < 4.78 is 0. The molecule has 1 N–H and O–H groups in total. The van der Waals surface area contributed by atoms with Crippen molar-refractivity contribution in [3.8, 4) is 0 Å². The van der Waals surface area contributed by atoms with Crippen LogP contribution in [0.5, 0.6) is 0 Å². The standard InChI is InChI=1S/C15H22N2S/c1-17(14-10-6-3-7-11-14)15(18)16-12-13-8-4-2-5-9-13/h2,4-5,8-9,14H,3,6-7,10-12H2,1H3,(H,16,18). The van der Waals surface area contributed by atoms with Gasteiger partial charge < -0.3 is 10.2 Å². The fourth-order valence-corrected chi connectivity index (χ4v) is 2.75. The maximum atomic E-state index is 5.47. The van der Waals surface area contributed by atoms with Gasteiger partial charge in [0.25, 0.3) is 0 Å². The van der Waals surface area contributed by atoms with Crippen molar-refractivity contribution in [3.05, 3.63) is 35.9 Å². The van der Waals surface area contributed by atoms with Crippen molar-refractivity contribution in [2.24, 2.45) is 0 Å². The zero-order valence-electron chi connectivity index (χ0n) is 11.1. The predicted molar refractivity (Wildman–Crippen MR) is 80.5 cm³/mol. The van der Waals surface area contributed by atoms with Crippen LogP contribution in [-0.2, 0) is 6.54 Å². The van der Waals surface area contributed by atoms with Crippen molar-refractivity contribution in [3.63, 3.8) is 0 Å². The van der Waals surface area contributed by atoms with Crippen LogP contribution in [0.3, 0.4) is 0 Å². The van der Waals surface area contributed by atoms with Gasteiger partial charge in [-0.05, 0) is 30.6 Å². The smallest absolute Gasteiger partial charge is 0.169 e. The molecule has 1 aromatic carbocycles. The van der Waals surface area contributed by atoms with E-state index >= 15 is 0 Å². The van der Waals surface area contributed by atoms with E-state index in [1.807, 2.05) is 6.07 Å². The molecule has 0 atom stereocenters. The Morgan fingerprint density at radius 3 is 2.56 bits per heavy atom. The van der Waals surface area contributed by atoms with Crippen molar-refractivity contribution in [1.29, 1.82) is 0 Å². The van der Waals surface area contributed by atoms with Gasteiger partial charge >= 0.3 is 0 Å². The van der Waals surface area contributed by atoms with E-state index < -0.39 is 0 Å². The summed E-state index contributed by atoms with van der Waals surface area (Å²) in [5, 5.41) is 4.23. The maximum absolute atomic E-state index is 5.47. The SMILES string of the molecule is CN(C(=S)NCc1ccccc1)C1CCCCC1. The van der Waals surface area contributed by atoms with E-state index in [0.717, 1.165) is 11.7 Å². The fraction of sp³-hybridized carbons (Fsp3) is 0.533. The number of rotatable bonds is 3. The Morgan fingerprint density at radius 1 is 1.22 bits per heavy atom. The van der Waals surface area contributed by atoms with Gasteiger partial charge in [-0.25, -0.2) is 0 Å². The quantitative estimate of drug-likeness (QED) is 0.841. The van der Waals surface area contributed by atoms with Crippen LogP contribution in [-0.4, -0.2) is 23.1 Å². The molecule has 1 aliphatic carbocycles. The Morgan fingerprint density at radius 2 is 1.89 bits per heavy atom. The Labute approximate surface area is 115 Å². The van der Waals surface area contributed by atoms with Crippen LogP contribution in [0.25, 0.3) is 0 Å². The summed E-state index contributed by atoms with van der Waals surface area (Å²) >= 11 is 5.47. The number of thiocarbonyl (C=S) groups is 1. The second kappa shape index (κ2) is 6.74. The van der Waals surface area contributed by atoms with E-state index in [2.05, 4.69) is 41.5 Å². The van der Waals surface area contributed by atoms with Crippen LogP contribution in [0.2, 0.25) is 0 Å². The third-order valence-corrected chi connectivity index (χ3v) is 4.16. The summed E-state index contributed by atoms with van der Waals surface area (Å²) in [6, 6.07) is 11.0. The van der Waals surface area contributed by atoms with Gasteiger partial charge in [0, 0.05) is 19.6 Å². The minimum atomic E-state index is 0.634. The lowest BCUT2D eigenvalue weighted by Crippen LogP contribution is -2.43. The third-order valence-electron chi connectivity index (χ3n) is 3.73. The minimum absolute atomic E-state index is 0.634. The molecule has 3 heteroatoms. The van der Waals surface area contributed by atoms with Crippen LogP contribution in [0, 0.1) is 0 Å². The Balaban J connectivity index is 1.80. The van der Waals surface area contributed by atoms with Crippen LogP contribution >= 0.6 is 12.2 Å². The maximum Gasteiger partial charge on any atom is 0.169 e. The Hall–Kier alpha value is -1.09. The first kappa shape index (κ1) is 13.3. The molecule has 2 rings (SSSR count). The summed E-state index contributed by atoms with van der Waals surface area (Å²) in [5.41, 5.74) is 1.27. The van der Waals surface area contributed by atoms with Gasteiger partial charge in [0.15, 0.2) is 5.11 Å². The average molecular weight is 262 g/mol. The van der Waals surface area contributed by atoms with Gasteiger partial charge in [0.2, 0.25) is 0 Å². The molecule has 1 aromatic rings. The first-order valence-corrected chi connectivity index (χ1v) is 7.23. The summed E-state index contributed by atoms with van der Waals surface area (Å²) in [6.45, 7) is 0.816. The third kappa shape index (κ3) is 3.70. The minimum Gasteiger partial charge on any atom is -0.358 e. The first-order chi connectivity index (χ1) is 8.77. The normalized spacial score (nSPS) is 16.3. The largest absolute Gasteiger partial charge is 0.358 e. The Kier molecular flexibility index (Phi) is 5.00. The van der Waals surface area contributed by atoms with Gasteiger partial charge in [0.1, 0.15) is 0 Å². The van der Waals surface area contributed by atoms with Crippen LogP contribution in [0.1, 0.15) is 37.7 Å². The van der Waals surface area contributed by atoms with Gasteiger partial charge in [-0.3, -0.25) is 0 Å². The van der Waals surface area contributed by atoms with Crippen LogP contribution < -0.4 is 5.32 Å². The molecule has 0 bridgehead atoms. The average Bonchev–Trinajstić information content (AvgIpc) is 2.46. The number of nitrogens with one attached hydrogen (secondary N) is 1. The molecule has 1 fully saturated rings. The number of benzene rings is 1. The molecule has 0 aromatic heterocycles. The lowest BCUT2D eigenvalue weighted by atomic mass is 9.95. The van der Waals surface area contributed by atoms with E-state index in [1.165, 1.54) is 37.7 Å². The lowest BCUT2D eigenvalue weighted by Gasteiger charge is -2.33. The molecular weight excluding hydrogens is 240 g/mol. The number of nitrogens with zero attached hydrogens (tertiary/aromatic N) is 1. The van der Waals surface area contributed by atoms with E-state index in [1.54, 1.807) is 0 Å². The molecule has 0 heterocycles. The molecule has 18 heavy (non-hydrogen) atoms. The predicted octanol–water partition coefficient (Wildman–Crippen LogP) is 3.33. The van der Waals surface area contributed by atoms with Gasteiger partial charge in [-0.2, -0.15) is 0 Å². The molecule has 98 valence electrons. The molecule has 0 radical (unpaired) electrons. The van der Waals surface area contributed by atoms with Crippen molar-refractivity contribution < 1.29 is 0 Å². The van der Waals surface area contributed by atoms with Gasteiger partial charge in [-0.15, -0.1) is 0 Å². The van der Waals surface area contributed by atoms with Gasteiger partial charge in [-0.1, -0.05) is 49.6 Å². The topological polar surface area (TPSA) is 15.3 Å². The van der Waals surface area contributed by atoms with Crippen molar-refractivity contribution in [1.82, 2.24) is 10.2 Å². The van der Waals surface area contributed by atoms with Crippen molar-refractivity contribution in [2.45, 2.75) is 44.7 Å². The molecule has 2 nitrogen and oxygen atoms in total. The monoisotopic (exact) mass is 262 g/mol. The van der Waals surface area contributed by atoms with Crippen molar-refractivity contribution in [2.75, 3.05) is 7.05 Å². The summed E-state index contributed by atoms with van der Waals surface area (Å²) in [6.07, 6.45) is 6.63. The molecule has 1 aliphatic rings. The zero-order valence-corrected chi connectivity index (χ0v) is 11.9. The van der Waals surface area contributed by atoms with E-state index in [9.17, 15) is 0 Å². The molecule has 0 amide bonds. The molecular formula is C15H22N2S. The summed E-state index contributed by atoms with van der Waals surface area (Å²) in [5.74, 6) is 0. The molecule has 1 saturated carbocycles. The fourth-order valence-electron chi connectivity index (χ4n) is 2.53. The van der Waals surface area contributed by atoms with Crippen molar-refractivity contribution >= 4 is 17.3 Å². The summed E-state index contributed by atoms with van der Waals surface area (Å²) in [4.78, 5) is 2.25. The highest BCUT2D eigenvalue weighted by atomic mass is 32.1. The van der Waals surface area contributed by atoms with Gasteiger partial charge in [0.05, 0.1) is 0 Å². The van der Waals surface area contributed by atoms with Crippen LogP contribution in [0.15, 0.2) is 30.3 Å². The first-order valence-electron chi connectivity index (χ1n) is 6.82. The molecule has 0 aliphatic heterocycles. The summed E-state index contributed by atoms with van der Waals surface area (Å²) in [7, 11) is 2.12. The Bertz CT molecular complexity index is 371. The van der Waals surface area contributed by atoms with Crippen LogP contribution in [0.4, 0.5) is 0 Å². The second-order valence-corrected chi connectivity index (χ2v) is 5.43. The highest BCUT2D eigenvalue weighted by molar-refractivity contribution is 7.80. The lowest BCUT2D eigenvalue weighted by molar-refractivity contribution is 0.276. The van der Waals surface area contributed by atoms with E-state index in [4.69, 9.17) is 12.2 Å². The second-order valence-electron chi connectivity index (χ2n) is 5.05. The molecule has 0 unspecified atom stereocenters. The zero-order chi connectivity index (χ0) is 12.8. The highest BCUT2D eigenvalue weighted by Crippen LogP contribution is 2.21. The number of hydrogen-bond acceptors (Lipinski definition) is 1. The van der Waals surface area contributed by atoms with E-state index in [-0.39, 0.29) is 0 Å². The number of hydrogen-bond donors (Lipinski definition) is 1.